The molecule has 36 heavy (non-hydrogen) atoms. The first-order valence-corrected chi connectivity index (χ1v) is 16.4. The predicted octanol–water partition coefficient (Wildman–Crippen LogP) is 6.73. The number of likely N-dealkylation sites (tertiary alicyclic amines) is 1. The number of carbonyl (C=O) groups excluding carboxylic acids is 1. The summed E-state index contributed by atoms with van der Waals surface area (Å²) < 4.78 is 33.6. The van der Waals surface area contributed by atoms with Crippen LogP contribution in [-0.2, 0) is 20.5 Å². The van der Waals surface area contributed by atoms with Crippen LogP contribution < -0.4 is 4.90 Å². The number of ether oxygens (including phenoxy) is 2. The van der Waals surface area contributed by atoms with Gasteiger partial charge >= 0.3 is 6.09 Å². The highest BCUT2D eigenvalue weighted by atomic mass is 28.4. The molecule has 204 valence electrons. The van der Waals surface area contributed by atoms with Crippen molar-refractivity contribution in [2.45, 2.75) is 110 Å². The number of halogens is 1. The molecule has 0 atom stereocenters. The van der Waals surface area contributed by atoms with E-state index in [0.717, 1.165) is 38.8 Å². The minimum atomic E-state index is -1.95. The van der Waals surface area contributed by atoms with E-state index >= 15 is 4.39 Å². The Morgan fingerprint density at radius 1 is 0.972 bits per heavy atom. The first-order valence-electron chi connectivity index (χ1n) is 13.5. The summed E-state index contributed by atoms with van der Waals surface area (Å²) >= 11 is 0. The van der Waals surface area contributed by atoms with E-state index in [1.165, 1.54) is 0 Å². The lowest BCUT2D eigenvalue weighted by molar-refractivity contribution is -0.0536. The highest BCUT2D eigenvalue weighted by molar-refractivity contribution is 6.74. The molecule has 0 aliphatic carbocycles. The number of rotatable bonds is 6. The van der Waals surface area contributed by atoms with E-state index in [2.05, 4.69) is 38.8 Å². The van der Waals surface area contributed by atoms with Crippen LogP contribution in [0.1, 0.15) is 72.8 Å². The van der Waals surface area contributed by atoms with E-state index in [-0.39, 0.29) is 29.2 Å². The summed E-state index contributed by atoms with van der Waals surface area (Å²) in [6.45, 7) is 19.8. The molecule has 3 rings (SSSR count). The maximum atomic E-state index is 15.4. The molecule has 2 heterocycles. The molecule has 1 aromatic carbocycles. The fourth-order valence-electron chi connectivity index (χ4n) is 4.40. The number of amides is 1. The second-order valence-electron chi connectivity index (χ2n) is 12.8. The van der Waals surface area contributed by atoms with Crippen molar-refractivity contribution in [3.8, 4) is 0 Å². The van der Waals surface area contributed by atoms with Crippen LogP contribution in [0.3, 0.4) is 0 Å². The maximum Gasteiger partial charge on any atom is 0.410 e. The summed E-state index contributed by atoms with van der Waals surface area (Å²) in [7, 11) is -1.95. The first kappa shape index (κ1) is 28.9. The summed E-state index contributed by atoms with van der Waals surface area (Å²) in [6.07, 6.45) is 3.48. The number of benzene rings is 1. The van der Waals surface area contributed by atoms with Crippen molar-refractivity contribution in [3.05, 3.63) is 29.6 Å². The van der Waals surface area contributed by atoms with Crippen LogP contribution in [0, 0.1) is 5.82 Å². The largest absolute Gasteiger partial charge is 0.444 e. The third-order valence-electron chi connectivity index (χ3n) is 7.71. The molecule has 1 amide bonds. The van der Waals surface area contributed by atoms with Crippen molar-refractivity contribution in [3.63, 3.8) is 0 Å². The third kappa shape index (κ3) is 7.68. The molecule has 6 nitrogen and oxygen atoms in total. The molecule has 2 fully saturated rings. The van der Waals surface area contributed by atoms with Crippen LogP contribution in [0.5, 0.6) is 0 Å². The Kier molecular flexibility index (Phi) is 9.16. The standard InChI is InChI=1S/C28H47FN2O4Si/c1-27(2,3)35-26(32)31-18-14-23(15-19-31)34-22-12-16-30(17-13-22)24-11-9-10-21(25(24)29)20-33-36(7,8)28(4,5)6/h9-11,22-23H,12-20H2,1-8H3. The number of carbonyl (C=O) groups is 1. The fraction of sp³-hybridized carbons (Fsp3) is 0.750. The quantitative estimate of drug-likeness (QED) is 0.388. The van der Waals surface area contributed by atoms with Crippen LogP contribution in [0.4, 0.5) is 14.9 Å². The van der Waals surface area contributed by atoms with Gasteiger partial charge in [0, 0.05) is 31.7 Å². The monoisotopic (exact) mass is 522 g/mol. The van der Waals surface area contributed by atoms with Crippen LogP contribution >= 0.6 is 0 Å². The molecule has 0 aromatic heterocycles. The molecule has 2 aliphatic rings. The smallest absolute Gasteiger partial charge is 0.410 e. The number of hydrogen-bond donors (Lipinski definition) is 0. The third-order valence-corrected chi connectivity index (χ3v) is 12.2. The molecule has 0 unspecified atom stereocenters. The molecule has 0 spiro atoms. The first-order chi connectivity index (χ1) is 16.7. The molecule has 0 saturated carbocycles. The van der Waals surface area contributed by atoms with Crippen LogP contribution in [0.2, 0.25) is 18.1 Å². The lowest BCUT2D eigenvalue weighted by Gasteiger charge is -2.38. The highest BCUT2D eigenvalue weighted by Crippen LogP contribution is 2.37. The zero-order valence-corrected chi connectivity index (χ0v) is 24.7. The van der Waals surface area contributed by atoms with Gasteiger partial charge in [0.25, 0.3) is 0 Å². The van der Waals surface area contributed by atoms with Gasteiger partial charge in [-0.05, 0) is 70.7 Å². The predicted molar refractivity (Wildman–Crippen MR) is 146 cm³/mol. The zero-order chi connectivity index (χ0) is 26.7. The van der Waals surface area contributed by atoms with Gasteiger partial charge in [-0.2, -0.15) is 0 Å². The highest BCUT2D eigenvalue weighted by Gasteiger charge is 2.37. The molecule has 0 bridgehead atoms. The zero-order valence-electron chi connectivity index (χ0n) is 23.7. The van der Waals surface area contributed by atoms with Crippen molar-refractivity contribution in [1.29, 1.82) is 0 Å². The van der Waals surface area contributed by atoms with Gasteiger partial charge in [0.15, 0.2) is 14.1 Å². The van der Waals surface area contributed by atoms with E-state index in [1.54, 1.807) is 4.90 Å². The average Bonchev–Trinajstić information content (AvgIpc) is 2.78. The van der Waals surface area contributed by atoms with Gasteiger partial charge < -0.3 is 23.7 Å². The van der Waals surface area contributed by atoms with Crippen molar-refractivity contribution >= 4 is 20.1 Å². The summed E-state index contributed by atoms with van der Waals surface area (Å²) in [5, 5.41) is 0.0926. The summed E-state index contributed by atoms with van der Waals surface area (Å²) in [5.41, 5.74) is 0.817. The minimum absolute atomic E-state index is 0.0926. The average molecular weight is 523 g/mol. The minimum Gasteiger partial charge on any atom is -0.444 e. The van der Waals surface area contributed by atoms with E-state index in [4.69, 9.17) is 13.9 Å². The Morgan fingerprint density at radius 2 is 1.53 bits per heavy atom. The molecular weight excluding hydrogens is 475 g/mol. The summed E-state index contributed by atoms with van der Waals surface area (Å²) in [6, 6.07) is 5.65. The van der Waals surface area contributed by atoms with E-state index in [1.807, 2.05) is 39.0 Å². The van der Waals surface area contributed by atoms with Gasteiger partial charge in [0.1, 0.15) is 5.60 Å². The molecular formula is C28H47FN2O4Si. The molecule has 8 heteroatoms. The van der Waals surface area contributed by atoms with Crippen molar-refractivity contribution in [2.24, 2.45) is 0 Å². The lowest BCUT2D eigenvalue weighted by Crippen LogP contribution is -2.45. The summed E-state index contributed by atoms with van der Waals surface area (Å²) in [5.74, 6) is -0.162. The molecule has 2 aliphatic heterocycles. The molecule has 0 N–H and O–H groups in total. The van der Waals surface area contributed by atoms with E-state index < -0.39 is 13.9 Å². The van der Waals surface area contributed by atoms with Gasteiger partial charge in [0.2, 0.25) is 0 Å². The fourth-order valence-corrected chi connectivity index (χ4v) is 5.35. The van der Waals surface area contributed by atoms with Crippen molar-refractivity contribution < 1.29 is 23.1 Å². The maximum absolute atomic E-state index is 15.4. The van der Waals surface area contributed by atoms with Crippen LogP contribution in [0.25, 0.3) is 0 Å². The van der Waals surface area contributed by atoms with Gasteiger partial charge in [0.05, 0.1) is 24.5 Å². The topological polar surface area (TPSA) is 51.2 Å². The van der Waals surface area contributed by atoms with Gasteiger partial charge in [-0.3, -0.25) is 0 Å². The molecule has 0 radical (unpaired) electrons. The Bertz CT molecular complexity index is 881. The van der Waals surface area contributed by atoms with E-state index in [9.17, 15) is 4.79 Å². The molecule has 1 aromatic rings. The normalized spacial score (nSPS) is 19.0. The number of anilines is 1. The van der Waals surface area contributed by atoms with Gasteiger partial charge in [-0.25, -0.2) is 9.18 Å². The second-order valence-corrected chi connectivity index (χ2v) is 17.6. The van der Waals surface area contributed by atoms with E-state index in [0.29, 0.717) is 30.9 Å². The van der Waals surface area contributed by atoms with Gasteiger partial charge in [-0.15, -0.1) is 0 Å². The number of piperidine rings is 2. The van der Waals surface area contributed by atoms with Crippen LogP contribution in [0.15, 0.2) is 18.2 Å². The van der Waals surface area contributed by atoms with Crippen molar-refractivity contribution in [2.75, 3.05) is 31.1 Å². The number of nitrogens with zero attached hydrogens (tertiary/aromatic N) is 2. The second kappa shape index (κ2) is 11.4. The Balaban J connectivity index is 1.47. The Morgan fingerprint density at radius 3 is 2.06 bits per heavy atom. The van der Waals surface area contributed by atoms with Crippen LogP contribution in [-0.4, -0.2) is 63.3 Å². The SMILES string of the molecule is CC(C)(C)OC(=O)N1CCC(OC2CCN(c3cccc(CO[Si](C)(C)C(C)(C)C)c3F)CC2)CC1. The lowest BCUT2D eigenvalue weighted by atomic mass is 10.0. The number of hydrogen-bond acceptors (Lipinski definition) is 5. The Hall–Kier alpha value is -1.64. The van der Waals surface area contributed by atoms with Gasteiger partial charge in [-0.1, -0.05) is 32.9 Å². The Labute approximate surface area is 218 Å². The molecule has 2 saturated heterocycles. The summed E-state index contributed by atoms with van der Waals surface area (Å²) in [4.78, 5) is 16.2. The van der Waals surface area contributed by atoms with Crippen molar-refractivity contribution in [1.82, 2.24) is 4.90 Å².